The number of nitrogens with zero attached hydrogens (tertiary/aromatic N) is 3. The number of likely N-dealkylation sites (tertiary alicyclic amines) is 1. The largest absolute Gasteiger partial charge is 0.369 e. The highest BCUT2D eigenvalue weighted by molar-refractivity contribution is 7.09. The van der Waals surface area contributed by atoms with Crippen LogP contribution in [0.1, 0.15) is 37.4 Å². The third-order valence-corrected chi connectivity index (χ3v) is 5.51. The lowest BCUT2D eigenvalue weighted by Gasteiger charge is -2.35. The Labute approximate surface area is 141 Å². The van der Waals surface area contributed by atoms with Gasteiger partial charge in [-0.3, -0.25) is 14.5 Å². The van der Waals surface area contributed by atoms with Gasteiger partial charge in [0.05, 0.1) is 22.7 Å². The fourth-order valence-corrected chi connectivity index (χ4v) is 3.57. The molecule has 1 aromatic rings. The van der Waals surface area contributed by atoms with Crippen LogP contribution in [0.5, 0.6) is 0 Å². The van der Waals surface area contributed by atoms with Crippen molar-refractivity contribution >= 4 is 23.2 Å². The highest BCUT2D eigenvalue weighted by atomic mass is 32.1. The Hall–Kier alpha value is -1.47. The van der Waals surface area contributed by atoms with Crippen LogP contribution in [0.2, 0.25) is 0 Å². The summed E-state index contributed by atoms with van der Waals surface area (Å²) in [4.78, 5) is 32.4. The summed E-state index contributed by atoms with van der Waals surface area (Å²) in [6.07, 6.45) is 2.55. The summed E-state index contributed by atoms with van der Waals surface area (Å²) in [5.41, 5.74) is 6.39. The van der Waals surface area contributed by atoms with Gasteiger partial charge in [-0.25, -0.2) is 4.98 Å². The van der Waals surface area contributed by atoms with Crippen LogP contribution >= 0.6 is 11.3 Å². The number of carbonyl (C=O) groups excluding carboxylic acids is 2. The monoisotopic (exact) mass is 338 g/mol. The fourth-order valence-electron chi connectivity index (χ4n) is 2.84. The first kappa shape index (κ1) is 17.9. The highest BCUT2D eigenvalue weighted by Gasteiger charge is 2.30. The Kier molecular flexibility index (Phi) is 6.12. The van der Waals surface area contributed by atoms with Crippen molar-refractivity contribution in [2.75, 3.05) is 20.1 Å². The predicted octanol–water partition coefficient (Wildman–Crippen LogP) is 1.25. The van der Waals surface area contributed by atoms with Crippen molar-refractivity contribution in [1.82, 2.24) is 14.8 Å². The van der Waals surface area contributed by atoms with Crippen molar-refractivity contribution in [2.45, 2.75) is 45.7 Å². The second-order valence-corrected chi connectivity index (χ2v) is 7.15. The second-order valence-electron chi connectivity index (χ2n) is 6.20. The summed E-state index contributed by atoms with van der Waals surface area (Å²) < 4.78 is 0. The minimum absolute atomic E-state index is 0.0596. The van der Waals surface area contributed by atoms with E-state index in [9.17, 15) is 9.59 Å². The zero-order valence-corrected chi connectivity index (χ0v) is 14.9. The van der Waals surface area contributed by atoms with Crippen LogP contribution in [0, 0.1) is 5.92 Å². The Morgan fingerprint density at radius 3 is 2.91 bits per heavy atom. The number of aryl methyl sites for hydroxylation is 1. The van der Waals surface area contributed by atoms with E-state index in [4.69, 9.17) is 5.73 Å². The maximum atomic E-state index is 12.7. The van der Waals surface area contributed by atoms with Crippen LogP contribution in [-0.4, -0.2) is 52.8 Å². The van der Waals surface area contributed by atoms with E-state index in [1.807, 2.05) is 18.9 Å². The summed E-state index contributed by atoms with van der Waals surface area (Å²) in [6.45, 7) is 5.80. The zero-order chi connectivity index (χ0) is 17.0. The van der Waals surface area contributed by atoms with Crippen molar-refractivity contribution < 1.29 is 9.59 Å². The maximum Gasteiger partial charge on any atom is 0.239 e. The molecule has 1 fully saturated rings. The lowest BCUT2D eigenvalue weighted by atomic mass is 9.97. The van der Waals surface area contributed by atoms with Gasteiger partial charge in [-0.2, -0.15) is 0 Å². The third-order valence-electron chi connectivity index (χ3n) is 4.47. The molecule has 2 heterocycles. The topological polar surface area (TPSA) is 79.5 Å². The number of rotatable bonds is 6. The number of piperidine rings is 1. The smallest absolute Gasteiger partial charge is 0.239 e. The zero-order valence-electron chi connectivity index (χ0n) is 14.1. The van der Waals surface area contributed by atoms with Gasteiger partial charge in [0.2, 0.25) is 11.8 Å². The van der Waals surface area contributed by atoms with Gasteiger partial charge in [-0.15, -0.1) is 11.3 Å². The molecule has 128 valence electrons. The quantitative estimate of drug-likeness (QED) is 0.846. The van der Waals surface area contributed by atoms with E-state index in [0.717, 1.165) is 30.0 Å². The molecule has 2 N–H and O–H groups in total. The van der Waals surface area contributed by atoms with Gasteiger partial charge in [0.25, 0.3) is 0 Å². The van der Waals surface area contributed by atoms with Crippen molar-refractivity contribution in [1.29, 1.82) is 0 Å². The predicted molar refractivity (Wildman–Crippen MR) is 90.9 cm³/mol. The molecule has 2 rings (SSSR count). The normalized spacial score (nSPS) is 19.8. The fraction of sp³-hybridized carbons (Fsp3) is 0.688. The van der Waals surface area contributed by atoms with E-state index < -0.39 is 0 Å². The van der Waals surface area contributed by atoms with Crippen LogP contribution in [0.25, 0.3) is 0 Å². The minimum atomic E-state index is -0.307. The van der Waals surface area contributed by atoms with E-state index in [2.05, 4.69) is 17.3 Å². The van der Waals surface area contributed by atoms with Crippen LogP contribution in [0.4, 0.5) is 0 Å². The van der Waals surface area contributed by atoms with Crippen molar-refractivity contribution in [3.8, 4) is 0 Å². The molecule has 2 atom stereocenters. The molecule has 0 spiro atoms. The Morgan fingerprint density at radius 1 is 1.57 bits per heavy atom. The van der Waals surface area contributed by atoms with Crippen LogP contribution < -0.4 is 5.73 Å². The van der Waals surface area contributed by atoms with Crippen molar-refractivity contribution in [2.24, 2.45) is 11.7 Å². The molecule has 0 radical (unpaired) electrons. The molecule has 0 unspecified atom stereocenters. The molecule has 1 aliphatic heterocycles. The Balaban J connectivity index is 1.93. The molecule has 0 aliphatic carbocycles. The molecule has 0 bridgehead atoms. The first-order valence-corrected chi connectivity index (χ1v) is 9.02. The lowest BCUT2D eigenvalue weighted by molar-refractivity contribution is -0.139. The van der Waals surface area contributed by atoms with Crippen molar-refractivity contribution in [3.63, 3.8) is 0 Å². The van der Waals surface area contributed by atoms with Crippen LogP contribution in [0.15, 0.2) is 5.38 Å². The summed E-state index contributed by atoms with van der Waals surface area (Å²) in [6, 6.07) is -0.242. The standard InChI is InChI=1S/C16H26N4O2S/c1-4-14-18-13(10-23-14)9-19(3)11(2)16(22)20-7-5-6-12(8-20)15(17)21/h10-12H,4-9H2,1-3H3,(H2,17,21)/t11-,12-/m1/s1. The SMILES string of the molecule is CCc1nc(CN(C)[C@H](C)C(=O)N2CCC[C@@H](C(N)=O)C2)cs1. The number of carbonyl (C=O) groups is 2. The summed E-state index contributed by atoms with van der Waals surface area (Å²) in [5.74, 6) is -0.460. The van der Waals surface area contributed by atoms with Gasteiger partial charge in [-0.05, 0) is 33.2 Å². The molecule has 23 heavy (non-hydrogen) atoms. The summed E-state index contributed by atoms with van der Waals surface area (Å²) in [5, 5.41) is 3.17. The average Bonchev–Trinajstić information content (AvgIpc) is 3.01. The molecule has 0 saturated carbocycles. The lowest BCUT2D eigenvalue weighted by Crippen LogP contribution is -2.50. The summed E-state index contributed by atoms with van der Waals surface area (Å²) >= 11 is 1.66. The van der Waals surface area contributed by atoms with E-state index in [1.54, 1.807) is 16.2 Å². The number of aromatic nitrogens is 1. The second kappa shape index (κ2) is 7.88. The average molecular weight is 338 g/mol. The van der Waals surface area contributed by atoms with Crippen LogP contribution in [0.3, 0.4) is 0 Å². The number of nitrogens with two attached hydrogens (primary N) is 1. The van der Waals surface area contributed by atoms with Gasteiger partial charge in [-0.1, -0.05) is 6.92 Å². The number of likely N-dealkylation sites (N-methyl/N-ethyl adjacent to an activating group) is 1. The Morgan fingerprint density at radius 2 is 2.30 bits per heavy atom. The number of thiazole rings is 1. The van der Waals surface area contributed by atoms with E-state index >= 15 is 0 Å². The van der Waals surface area contributed by atoms with Gasteiger partial charge in [0.1, 0.15) is 0 Å². The third kappa shape index (κ3) is 4.51. The van der Waals surface area contributed by atoms with E-state index in [1.165, 1.54) is 0 Å². The molecule has 0 aromatic carbocycles. The molecule has 2 amide bonds. The molecular formula is C16H26N4O2S. The van der Waals surface area contributed by atoms with Gasteiger partial charge in [0, 0.05) is 25.0 Å². The number of hydrogen-bond donors (Lipinski definition) is 1. The maximum absolute atomic E-state index is 12.7. The molecule has 6 nitrogen and oxygen atoms in total. The summed E-state index contributed by atoms with van der Waals surface area (Å²) in [7, 11) is 1.93. The first-order valence-electron chi connectivity index (χ1n) is 8.14. The molecule has 1 aliphatic rings. The molecule has 1 aromatic heterocycles. The minimum Gasteiger partial charge on any atom is -0.369 e. The molecular weight excluding hydrogens is 312 g/mol. The molecule has 7 heteroatoms. The van der Waals surface area contributed by atoms with Gasteiger partial charge >= 0.3 is 0 Å². The number of amides is 2. The number of primary amides is 1. The van der Waals surface area contributed by atoms with Crippen molar-refractivity contribution in [3.05, 3.63) is 16.1 Å². The molecule has 1 saturated heterocycles. The van der Waals surface area contributed by atoms with Gasteiger partial charge < -0.3 is 10.6 Å². The van der Waals surface area contributed by atoms with Crippen LogP contribution in [-0.2, 0) is 22.6 Å². The van der Waals surface area contributed by atoms with E-state index in [0.29, 0.717) is 19.6 Å². The highest BCUT2D eigenvalue weighted by Crippen LogP contribution is 2.19. The van der Waals surface area contributed by atoms with E-state index in [-0.39, 0.29) is 23.8 Å². The Bertz CT molecular complexity index is 560. The number of hydrogen-bond acceptors (Lipinski definition) is 5. The first-order chi connectivity index (χ1) is 10.9. The van der Waals surface area contributed by atoms with Gasteiger partial charge in [0.15, 0.2) is 0 Å².